The van der Waals surface area contributed by atoms with Crippen LogP contribution in [-0.2, 0) is 14.3 Å². The molecule has 0 unspecified atom stereocenters. The minimum absolute atomic E-state index is 0.126. The highest BCUT2D eigenvalue weighted by atomic mass is 32.2. The predicted octanol–water partition coefficient (Wildman–Crippen LogP) is 4.30. The Labute approximate surface area is 191 Å². The molecule has 4 rings (SSSR count). The molecule has 2 aliphatic rings. The van der Waals surface area contributed by atoms with E-state index in [-0.39, 0.29) is 11.7 Å². The summed E-state index contributed by atoms with van der Waals surface area (Å²) in [6, 6.07) is 14.6. The van der Waals surface area contributed by atoms with Gasteiger partial charge in [-0.1, -0.05) is 24.3 Å². The highest BCUT2D eigenvalue weighted by Crippen LogP contribution is 2.35. The van der Waals surface area contributed by atoms with Gasteiger partial charge in [0.1, 0.15) is 5.82 Å². The lowest BCUT2D eigenvalue weighted by Gasteiger charge is -2.29. The van der Waals surface area contributed by atoms with E-state index >= 15 is 0 Å². The maximum Gasteiger partial charge on any atom is 0.266 e. The number of amidine groups is 1. The molecular formula is C24H26FN3O3S. The van der Waals surface area contributed by atoms with E-state index in [9.17, 15) is 9.18 Å². The fraction of sp³-hybridized carbons (Fsp3) is 0.333. The van der Waals surface area contributed by atoms with Crippen LogP contribution in [0.1, 0.15) is 12.0 Å². The van der Waals surface area contributed by atoms with E-state index in [1.54, 1.807) is 24.2 Å². The Morgan fingerprint density at radius 1 is 1.19 bits per heavy atom. The van der Waals surface area contributed by atoms with E-state index < -0.39 is 0 Å². The zero-order valence-corrected chi connectivity index (χ0v) is 18.8. The zero-order valence-electron chi connectivity index (χ0n) is 18.0. The molecule has 0 N–H and O–H groups in total. The lowest BCUT2D eigenvalue weighted by Crippen LogP contribution is -2.36. The van der Waals surface area contributed by atoms with Crippen LogP contribution in [0.15, 0.2) is 58.4 Å². The quantitative estimate of drug-likeness (QED) is 0.460. The number of halogens is 1. The molecule has 0 aromatic heterocycles. The summed E-state index contributed by atoms with van der Waals surface area (Å²) in [5.41, 5.74) is 1.99. The van der Waals surface area contributed by atoms with E-state index in [1.165, 1.54) is 17.8 Å². The number of para-hydroxylation sites is 1. The number of aliphatic imine (C=N–C) groups is 1. The smallest absolute Gasteiger partial charge is 0.266 e. The number of carbonyl (C=O) groups is 1. The van der Waals surface area contributed by atoms with Crippen LogP contribution < -0.4 is 4.90 Å². The first kappa shape index (κ1) is 22.5. The lowest BCUT2D eigenvalue weighted by molar-refractivity contribution is -0.122. The SMILES string of the molecule is COCCCN1C(=O)/C(=C/c2ccc(N3CCOCC3)c(F)c2)SC1=Nc1ccccc1. The molecule has 8 heteroatoms. The molecule has 168 valence electrons. The molecule has 0 saturated carbocycles. The topological polar surface area (TPSA) is 54.4 Å². The van der Waals surface area contributed by atoms with Crippen molar-refractivity contribution in [3.63, 3.8) is 0 Å². The van der Waals surface area contributed by atoms with E-state index in [4.69, 9.17) is 9.47 Å². The first-order valence-electron chi connectivity index (χ1n) is 10.6. The number of methoxy groups -OCH3 is 1. The summed E-state index contributed by atoms with van der Waals surface area (Å²) < 4.78 is 25.3. The van der Waals surface area contributed by atoms with Crippen LogP contribution in [0.5, 0.6) is 0 Å². The van der Waals surface area contributed by atoms with Crippen LogP contribution in [-0.4, -0.2) is 62.5 Å². The second-order valence-electron chi connectivity index (χ2n) is 7.45. The number of thioether (sulfide) groups is 1. The molecule has 0 radical (unpaired) electrons. The van der Waals surface area contributed by atoms with Gasteiger partial charge in [0.15, 0.2) is 5.17 Å². The van der Waals surface area contributed by atoms with Crippen molar-refractivity contribution >= 4 is 40.3 Å². The van der Waals surface area contributed by atoms with Gasteiger partial charge in [-0.05, 0) is 54.1 Å². The maximum absolute atomic E-state index is 14.8. The number of morpholine rings is 1. The van der Waals surface area contributed by atoms with Crippen molar-refractivity contribution in [2.45, 2.75) is 6.42 Å². The average Bonchev–Trinajstić information content (AvgIpc) is 3.09. The average molecular weight is 456 g/mol. The van der Waals surface area contributed by atoms with Gasteiger partial charge < -0.3 is 14.4 Å². The second-order valence-corrected chi connectivity index (χ2v) is 8.46. The van der Waals surface area contributed by atoms with Gasteiger partial charge in [-0.2, -0.15) is 0 Å². The third-order valence-corrected chi connectivity index (χ3v) is 6.23. The molecule has 0 atom stereocenters. The molecule has 0 spiro atoms. The van der Waals surface area contributed by atoms with Gasteiger partial charge in [0.05, 0.1) is 29.5 Å². The summed E-state index contributed by atoms with van der Waals surface area (Å²) in [6.07, 6.45) is 2.43. The summed E-state index contributed by atoms with van der Waals surface area (Å²) in [5, 5.41) is 0.619. The number of amides is 1. The first-order chi connectivity index (χ1) is 15.7. The summed E-state index contributed by atoms with van der Waals surface area (Å²) >= 11 is 1.31. The summed E-state index contributed by atoms with van der Waals surface area (Å²) in [4.78, 5) is 21.9. The van der Waals surface area contributed by atoms with E-state index in [1.807, 2.05) is 41.3 Å². The molecule has 1 amide bonds. The Balaban J connectivity index is 1.57. The number of nitrogens with zero attached hydrogens (tertiary/aromatic N) is 3. The highest BCUT2D eigenvalue weighted by molar-refractivity contribution is 8.18. The molecule has 2 aromatic rings. The monoisotopic (exact) mass is 455 g/mol. The Bertz CT molecular complexity index is 1010. The van der Waals surface area contributed by atoms with Gasteiger partial charge in [0.2, 0.25) is 0 Å². The molecule has 2 aromatic carbocycles. The highest BCUT2D eigenvalue weighted by Gasteiger charge is 2.33. The zero-order chi connectivity index (χ0) is 22.3. The molecule has 6 nitrogen and oxygen atoms in total. The van der Waals surface area contributed by atoms with Crippen LogP contribution in [0.3, 0.4) is 0 Å². The number of rotatable bonds is 7. The van der Waals surface area contributed by atoms with Crippen molar-refractivity contribution in [3.05, 3.63) is 64.8 Å². The van der Waals surface area contributed by atoms with Crippen LogP contribution in [0, 0.1) is 5.82 Å². The van der Waals surface area contributed by atoms with Crippen molar-refractivity contribution in [3.8, 4) is 0 Å². The third-order valence-electron chi connectivity index (χ3n) is 5.22. The normalized spacial score (nSPS) is 19.4. The predicted molar refractivity (Wildman–Crippen MR) is 127 cm³/mol. The summed E-state index contributed by atoms with van der Waals surface area (Å²) in [7, 11) is 1.64. The van der Waals surface area contributed by atoms with Crippen LogP contribution in [0.2, 0.25) is 0 Å². The van der Waals surface area contributed by atoms with Crippen LogP contribution in [0.4, 0.5) is 15.8 Å². The molecule has 32 heavy (non-hydrogen) atoms. The van der Waals surface area contributed by atoms with Gasteiger partial charge in [0, 0.05) is 33.4 Å². The molecule has 2 aliphatic heterocycles. The van der Waals surface area contributed by atoms with Crippen molar-refractivity contribution in [2.75, 3.05) is 51.5 Å². The van der Waals surface area contributed by atoms with Gasteiger partial charge in [-0.15, -0.1) is 0 Å². The number of hydrogen-bond donors (Lipinski definition) is 0. The van der Waals surface area contributed by atoms with Gasteiger partial charge in [-0.3, -0.25) is 9.69 Å². The van der Waals surface area contributed by atoms with Gasteiger partial charge in [-0.25, -0.2) is 9.38 Å². The number of ether oxygens (including phenoxy) is 2. The minimum atomic E-state index is -0.299. The summed E-state index contributed by atoms with van der Waals surface area (Å²) in [5.74, 6) is -0.426. The van der Waals surface area contributed by atoms with E-state index in [0.717, 1.165) is 5.69 Å². The van der Waals surface area contributed by atoms with E-state index in [0.29, 0.717) is 67.2 Å². The molecule has 2 saturated heterocycles. The molecule has 0 aliphatic carbocycles. The fourth-order valence-electron chi connectivity index (χ4n) is 3.59. The fourth-order valence-corrected chi connectivity index (χ4v) is 4.62. The molecular weight excluding hydrogens is 429 g/mol. The third kappa shape index (κ3) is 5.38. The van der Waals surface area contributed by atoms with E-state index in [2.05, 4.69) is 4.99 Å². The Morgan fingerprint density at radius 2 is 1.97 bits per heavy atom. The van der Waals surface area contributed by atoms with Crippen LogP contribution >= 0.6 is 11.8 Å². The first-order valence-corrected chi connectivity index (χ1v) is 11.4. The second kappa shape index (κ2) is 10.8. The Kier molecular flexibility index (Phi) is 7.57. The Morgan fingerprint density at radius 3 is 2.69 bits per heavy atom. The van der Waals surface area contributed by atoms with Gasteiger partial charge in [0.25, 0.3) is 5.91 Å². The van der Waals surface area contributed by atoms with Crippen molar-refractivity contribution in [2.24, 2.45) is 4.99 Å². The lowest BCUT2D eigenvalue weighted by atomic mass is 10.1. The Hall–Kier alpha value is -2.68. The molecule has 2 heterocycles. The number of anilines is 1. The van der Waals surface area contributed by atoms with Gasteiger partial charge >= 0.3 is 0 Å². The van der Waals surface area contributed by atoms with Crippen molar-refractivity contribution in [1.82, 2.24) is 4.90 Å². The number of hydrogen-bond acceptors (Lipinski definition) is 6. The standard InChI is InChI=1S/C24H26FN3O3S/c1-30-13-5-10-28-23(29)22(32-24(28)26-19-6-3-2-4-7-19)17-18-8-9-21(20(25)16-18)27-11-14-31-15-12-27/h2-4,6-9,16-17H,5,10-15H2,1H3/b22-17-,26-24?. The summed E-state index contributed by atoms with van der Waals surface area (Å²) in [6.45, 7) is 3.59. The van der Waals surface area contributed by atoms with Crippen LogP contribution in [0.25, 0.3) is 6.08 Å². The molecule has 2 fully saturated rings. The number of carbonyl (C=O) groups excluding carboxylic acids is 1. The molecule has 0 bridgehead atoms. The van der Waals surface area contributed by atoms with Crippen molar-refractivity contribution < 1.29 is 18.7 Å². The minimum Gasteiger partial charge on any atom is -0.385 e. The van der Waals surface area contributed by atoms with Crippen molar-refractivity contribution in [1.29, 1.82) is 0 Å². The maximum atomic E-state index is 14.8. The number of benzene rings is 2. The largest absolute Gasteiger partial charge is 0.385 e.